The summed E-state index contributed by atoms with van der Waals surface area (Å²) in [5, 5.41) is 12.8. The number of nitrogens with zero attached hydrogens (tertiary/aromatic N) is 4. The molecule has 0 spiro atoms. The number of phenolic OH excluding ortho intramolecular Hbond substituents is 1. The lowest BCUT2D eigenvalue weighted by molar-refractivity contribution is 0.0944. The fraction of sp³-hybridized carbons (Fsp3) is 0.333. The molecule has 1 amide bonds. The molecular weight excluding hydrogens is 406 g/mol. The molecule has 32 heavy (non-hydrogen) atoms. The van der Waals surface area contributed by atoms with Crippen LogP contribution in [-0.2, 0) is 13.2 Å². The number of hydrogen-bond donors (Lipinski definition) is 2. The van der Waals surface area contributed by atoms with Gasteiger partial charge < -0.3 is 20.1 Å². The molecule has 3 aromatic rings. The molecule has 1 saturated carbocycles. The number of carbonyl (C=O) groups is 1. The molecule has 2 fully saturated rings. The number of nitrogens with one attached hydrogen (secondary N) is 1. The lowest BCUT2D eigenvalue weighted by Gasteiger charge is -2.19. The van der Waals surface area contributed by atoms with Crippen molar-refractivity contribution in [2.45, 2.75) is 26.5 Å². The highest BCUT2D eigenvalue weighted by atomic mass is 16.5. The third-order valence-corrected chi connectivity index (χ3v) is 6.05. The number of rotatable bonds is 7. The minimum Gasteiger partial charge on any atom is -0.508 e. The largest absolute Gasteiger partial charge is 0.508 e. The number of fused-ring (bicyclic) bond motifs is 1. The van der Waals surface area contributed by atoms with Crippen LogP contribution in [0.15, 0.2) is 48.8 Å². The summed E-state index contributed by atoms with van der Waals surface area (Å²) in [6, 6.07) is 10.9. The van der Waals surface area contributed by atoms with Crippen molar-refractivity contribution in [3.8, 4) is 11.6 Å². The number of phenols is 1. The molecule has 2 aromatic heterocycles. The fourth-order valence-corrected chi connectivity index (χ4v) is 4.00. The van der Waals surface area contributed by atoms with Gasteiger partial charge in [0.1, 0.15) is 17.9 Å². The van der Waals surface area contributed by atoms with E-state index >= 15 is 0 Å². The summed E-state index contributed by atoms with van der Waals surface area (Å²) >= 11 is 0. The highest BCUT2D eigenvalue weighted by Gasteiger charge is 2.46. The number of hydrogen-bond acceptors (Lipinski definition) is 7. The van der Waals surface area contributed by atoms with Crippen LogP contribution in [0.25, 0.3) is 0 Å². The number of benzene rings is 1. The van der Waals surface area contributed by atoms with Crippen molar-refractivity contribution < 1.29 is 14.6 Å². The molecule has 164 valence electrons. The Morgan fingerprint density at radius 2 is 2.06 bits per heavy atom. The molecule has 1 saturated heterocycles. The zero-order chi connectivity index (χ0) is 22.1. The number of amides is 1. The molecular formula is C24H25N5O3. The Balaban J connectivity index is 1.35. The van der Waals surface area contributed by atoms with Crippen molar-refractivity contribution in [3.05, 3.63) is 71.2 Å². The number of pyridine rings is 1. The van der Waals surface area contributed by atoms with Crippen LogP contribution in [0.2, 0.25) is 0 Å². The Bertz CT molecular complexity index is 1130. The fourth-order valence-electron chi connectivity index (χ4n) is 4.00. The Labute approximate surface area is 186 Å². The smallest absolute Gasteiger partial charge is 0.258 e. The summed E-state index contributed by atoms with van der Waals surface area (Å²) in [5.41, 5.74) is 2.61. The van der Waals surface area contributed by atoms with E-state index in [0.717, 1.165) is 41.7 Å². The monoisotopic (exact) mass is 431 g/mol. The van der Waals surface area contributed by atoms with Gasteiger partial charge in [-0.1, -0.05) is 18.2 Å². The van der Waals surface area contributed by atoms with Crippen molar-refractivity contribution in [2.75, 3.05) is 18.0 Å². The quantitative estimate of drug-likeness (QED) is 0.593. The van der Waals surface area contributed by atoms with E-state index in [1.807, 2.05) is 37.3 Å². The molecule has 2 unspecified atom stereocenters. The van der Waals surface area contributed by atoms with Crippen LogP contribution in [0, 0.1) is 18.8 Å². The standard InChI is InChI=1S/C24H25N5O3/c1-15-5-6-16(8-21(15)30)14-32-23-20(22(31)26-10-19-4-2-3-7-25-19)11-27-24(28-23)29-12-17-9-18(17)13-29/h2-8,11,17-18,30H,9-10,12-14H2,1H3,(H,26,31). The zero-order valence-electron chi connectivity index (χ0n) is 17.9. The normalized spacial score (nSPS) is 18.8. The van der Waals surface area contributed by atoms with Crippen LogP contribution in [0.1, 0.15) is 33.6 Å². The first-order chi connectivity index (χ1) is 15.6. The molecule has 0 bridgehead atoms. The van der Waals surface area contributed by atoms with Gasteiger partial charge in [-0.2, -0.15) is 4.98 Å². The summed E-state index contributed by atoms with van der Waals surface area (Å²) < 4.78 is 5.96. The van der Waals surface area contributed by atoms with Crippen LogP contribution in [-0.4, -0.2) is 39.1 Å². The summed E-state index contributed by atoms with van der Waals surface area (Å²) in [6.07, 6.45) is 4.50. The average Bonchev–Trinajstić information content (AvgIpc) is 3.43. The van der Waals surface area contributed by atoms with Crippen molar-refractivity contribution in [3.63, 3.8) is 0 Å². The van der Waals surface area contributed by atoms with E-state index in [0.29, 0.717) is 12.5 Å². The van der Waals surface area contributed by atoms with Gasteiger partial charge in [0.05, 0.1) is 12.2 Å². The Morgan fingerprint density at radius 1 is 1.22 bits per heavy atom. The second-order valence-electron chi connectivity index (χ2n) is 8.46. The first-order valence-corrected chi connectivity index (χ1v) is 10.8. The van der Waals surface area contributed by atoms with Crippen molar-refractivity contribution in [1.29, 1.82) is 0 Å². The molecule has 2 atom stereocenters. The third kappa shape index (κ3) is 4.34. The number of aromatic hydroxyl groups is 1. The number of piperidine rings is 1. The predicted octanol–water partition coefficient (Wildman–Crippen LogP) is 2.85. The van der Waals surface area contributed by atoms with Gasteiger partial charge in [-0.25, -0.2) is 4.98 Å². The lowest BCUT2D eigenvalue weighted by Crippen LogP contribution is -2.27. The molecule has 2 aliphatic rings. The first kappa shape index (κ1) is 20.2. The molecule has 1 aliphatic heterocycles. The Morgan fingerprint density at radius 3 is 2.81 bits per heavy atom. The minimum atomic E-state index is -0.326. The van der Waals surface area contributed by atoms with Crippen molar-refractivity contribution >= 4 is 11.9 Å². The van der Waals surface area contributed by atoms with Crippen LogP contribution in [0.4, 0.5) is 5.95 Å². The second kappa shape index (κ2) is 8.45. The lowest BCUT2D eigenvalue weighted by atomic mass is 10.1. The molecule has 1 aliphatic carbocycles. The highest BCUT2D eigenvalue weighted by molar-refractivity contribution is 5.96. The summed E-state index contributed by atoms with van der Waals surface area (Å²) in [7, 11) is 0. The minimum absolute atomic E-state index is 0.177. The number of anilines is 1. The Kier molecular flexibility index (Phi) is 5.34. The second-order valence-corrected chi connectivity index (χ2v) is 8.46. The number of aryl methyl sites for hydroxylation is 1. The highest BCUT2D eigenvalue weighted by Crippen LogP contribution is 2.45. The molecule has 8 nitrogen and oxygen atoms in total. The molecule has 3 heterocycles. The van der Waals surface area contributed by atoms with Crippen LogP contribution in [0.3, 0.4) is 0 Å². The zero-order valence-corrected chi connectivity index (χ0v) is 17.9. The van der Waals surface area contributed by atoms with E-state index in [1.54, 1.807) is 12.3 Å². The van der Waals surface area contributed by atoms with Gasteiger partial charge in [0, 0.05) is 25.5 Å². The molecule has 2 N–H and O–H groups in total. The average molecular weight is 431 g/mol. The van der Waals surface area contributed by atoms with Gasteiger partial charge in [0.25, 0.3) is 5.91 Å². The van der Waals surface area contributed by atoms with E-state index in [-0.39, 0.29) is 29.7 Å². The van der Waals surface area contributed by atoms with E-state index in [2.05, 4.69) is 25.2 Å². The molecule has 8 heteroatoms. The van der Waals surface area contributed by atoms with E-state index < -0.39 is 0 Å². The first-order valence-electron chi connectivity index (χ1n) is 10.8. The number of ether oxygens (including phenoxy) is 1. The summed E-state index contributed by atoms with van der Waals surface area (Å²) in [5.74, 6) is 2.17. The van der Waals surface area contributed by atoms with Gasteiger partial charge in [0.15, 0.2) is 0 Å². The summed E-state index contributed by atoms with van der Waals surface area (Å²) in [4.78, 5) is 28.3. The topological polar surface area (TPSA) is 100 Å². The van der Waals surface area contributed by atoms with Gasteiger partial charge in [-0.05, 0) is 54.5 Å². The van der Waals surface area contributed by atoms with E-state index in [1.165, 1.54) is 12.6 Å². The molecule has 0 radical (unpaired) electrons. The Hall–Kier alpha value is -3.68. The van der Waals surface area contributed by atoms with E-state index in [4.69, 9.17) is 4.74 Å². The maximum absolute atomic E-state index is 12.9. The van der Waals surface area contributed by atoms with Crippen LogP contribution < -0.4 is 15.0 Å². The summed E-state index contributed by atoms with van der Waals surface area (Å²) in [6.45, 7) is 4.20. The van der Waals surface area contributed by atoms with Crippen molar-refractivity contribution in [1.82, 2.24) is 20.3 Å². The predicted molar refractivity (Wildman–Crippen MR) is 118 cm³/mol. The SMILES string of the molecule is Cc1ccc(COc2nc(N3CC4CC4C3)ncc2C(=O)NCc2ccccn2)cc1O. The van der Waals surface area contributed by atoms with Gasteiger partial charge in [-0.3, -0.25) is 9.78 Å². The van der Waals surface area contributed by atoms with Crippen LogP contribution >= 0.6 is 0 Å². The molecule has 1 aromatic carbocycles. The van der Waals surface area contributed by atoms with Gasteiger partial charge >= 0.3 is 0 Å². The number of aromatic nitrogens is 3. The van der Waals surface area contributed by atoms with Crippen LogP contribution in [0.5, 0.6) is 11.6 Å². The van der Waals surface area contributed by atoms with Gasteiger partial charge in [-0.15, -0.1) is 0 Å². The maximum Gasteiger partial charge on any atom is 0.258 e. The third-order valence-electron chi connectivity index (χ3n) is 6.05. The number of carbonyl (C=O) groups excluding carboxylic acids is 1. The van der Waals surface area contributed by atoms with E-state index in [9.17, 15) is 9.90 Å². The van der Waals surface area contributed by atoms with Gasteiger partial charge in [0.2, 0.25) is 11.8 Å². The molecule has 5 rings (SSSR count). The van der Waals surface area contributed by atoms with Crippen molar-refractivity contribution in [2.24, 2.45) is 11.8 Å². The maximum atomic E-state index is 12.9.